The fraction of sp³-hybridized carbons (Fsp3) is 0.500. The van der Waals surface area contributed by atoms with Gasteiger partial charge in [0.1, 0.15) is 0 Å². The predicted octanol–water partition coefficient (Wildman–Crippen LogP) is 2.68. The fourth-order valence-electron chi connectivity index (χ4n) is 2.57. The molecule has 1 aliphatic heterocycles. The molecule has 0 radical (unpaired) electrons. The van der Waals surface area contributed by atoms with Crippen molar-refractivity contribution in [2.24, 2.45) is 0 Å². The number of halogens is 1. The zero-order chi connectivity index (χ0) is 13.1. The molecule has 98 valence electrons. The normalized spacial score (nSPS) is 17.2. The van der Waals surface area contributed by atoms with Crippen molar-refractivity contribution in [3.05, 3.63) is 28.8 Å². The van der Waals surface area contributed by atoms with Crippen LogP contribution in [-0.4, -0.2) is 44.4 Å². The first-order valence-corrected chi connectivity index (χ1v) is 6.66. The van der Waals surface area contributed by atoms with Crippen LogP contribution in [0.5, 0.6) is 0 Å². The molecule has 1 aromatic carbocycles. The third kappa shape index (κ3) is 2.68. The summed E-state index contributed by atoms with van der Waals surface area (Å²) in [4.78, 5) is 15.6. The lowest BCUT2D eigenvalue weighted by Gasteiger charge is -2.37. The number of para-hydroxylation sites is 1. The minimum atomic E-state index is 0.628. The van der Waals surface area contributed by atoms with Gasteiger partial charge in [0.25, 0.3) is 0 Å². The molecule has 1 heterocycles. The second kappa shape index (κ2) is 5.72. The van der Waals surface area contributed by atoms with Gasteiger partial charge in [-0.25, -0.2) is 0 Å². The summed E-state index contributed by atoms with van der Waals surface area (Å²) < 4.78 is 0. The van der Waals surface area contributed by atoms with E-state index < -0.39 is 0 Å². The maximum atomic E-state index is 11.1. The third-order valence-corrected chi connectivity index (χ3v) is 3.96. The summed E-state index contributed by atoms with van der Waals surface area (Å²) in [5.74, 6) is 0. The zero-order valence-corrected chi connectivity index (χ0v) is 11.7. The van der Waals surface area contributed by atoms with Gasteiger partial charge in [0.05, 0.1) is 10.7 Å². The number of benzene rings is 1. The van der Waals surface area contributed by atoms with Gasteiger partial charge in [-0.1, -0.05) is 17.7 Å². The van der Waals surface area contributed by atoms with E-state index in [-0.39, 0.29) is 0 Å². The second-order valence-electron chi connectivity index (χ2n) is 4.98. The van der Waals surface area contributed by atoms with Crippen molar-refractivity contribution in [1.82, 2.24) is 4.90 Å². The molecule has 0 amide bonds. The van der Waals surface area contributed by atoms with Crippen molar-refractivity contribution in [3.8, 4) is 0 Å². The number of nitrogens with zero attached hydrogens (tertiary/aromatic N) is 2. The Balaban J connectivity index is 2.17. The molecular weight excluding hydrogens is 248 g/mol. The van der Waals surface area contributed by atoms with Crippen LogP contribution in [0.3, 0.4) is 0 Å². The predicted molar refractivity (Wildman–Crippen MR) is 75.8 cm³/mol. The number of hydrogen-bond donors (Lipinski definition) is 0. The Morgan fingerprint density at radius 2 is 2.00 bits per heavy atom. The number of carbonyl (C=O) groups excluding carboxylic acids is 1. The van der Waals surface area contributed by atoms with Gasteiger partial charge in [0, 0.05) is 24.7 Å². The quantitative estimate of drug-likeness (QED) is 0.786. The van der Waals surface area contributed by atoms with Crippen molar-refractivity contribution >= 4 is 23.6 Å². The van der Waals surface area contributed by atoms with Crippen LogP contribution in [-0.2, 0) is 0 Å². The van der Waals surface area contributed by atoms with E-state index in [1.165, 1.54) is 0 Å². The maximum Gasteiger partial charge on any atom is 0.152 e. The molecule has 1 aliphatic rings. The first-order chi connectivity index (χ1) is 8.63. The first kappa shape index (κ1) is 13.4. The molecule has 1 fully saturated rings. The summed E-state index contributed by atoms with van der Waals surface area (Å²) in [6.07, 6.45) is 3.10. The van der Waals surface area contributed by atoms with Crippen LogP contribution in [0.1, 0.15) is 23.2 Å². The number of carbonyl (C=O) groups is 1. The highest BCUT2D eigenvalue weighted by Crippen LogP contribution is 2.31. The van der Waals surface area contributed by atoms with E-state index in [1.807, 2.05) is 18.2 Å². The van der Waals surface area contributed by atoms with Crippen molar-refractivity contribution in [3.63, 3.8) is 0 Å². The van der Waals surface area contributed by atoms with Gasteiger partial charge in [0.15, 0.2) is 6.29 Å². The molecule has 0 unspecified atom stereocenters. The zero-order valence-electron chi connectivity index (χ0n) is 10.9. The standard InChI is InChI=1S/C14H19ClN2O/c1-16(2)12-6-8-17(9-7-12)14-11(10-18)4-3-5-13(14)15/h3-5,10,12H,6-9H2,1-2H3. The summed E-state index contributed by atoms with van der Waals surface area (Å²) in [7, 11) is 4.24. The molecule has 0 aliphatic carbocycles. The molecule has 1 aromatic rings. The van der Waals surface area contributed by atoms with E-state index >= 15 is 0 Å². The molecule has 0 N–H and O–H groups in total. The highest BCUT2D eigenvalue weighted by molar-refractivity contribution is 6.33. The van der Waals surface area contributed by atoms with Crippen molar-refractivity contribution < 1.29 is 4.79 Å². The lowest BCUT2D eigenvalue weighted by molar-refractivity contribution is 0.112. The lowest BCUT2D eigenvalue weighted by atomic mass is 10.0. The number of hydrogen-bond acceptors (Lipinski definition) is 3. The van der Waals surface area contributed by atoms with Crippen LogP contribution in [0.25, 0.3) is 0 Å². The molecule has 3 nitrogen and oxygen atoms in total. The maximum absolute atomic E-state index is 11.1. The summed E-state index contributed by atoms with van der Waals surface area (Å²) >= 11 is 6.23. The number of piperidine rings is 1. The lowest BCUT2D eigenvalue weighted by Crippen LogP contribution is -2.42. The van der Waals surface area contributed by atoms with E-state index in [0.717, 1.165) is 37.9 Å². The van der Waals surface area contributed by atoms with Gasteiger partial charge in [-0.15, -0.1) is 0 Å². The van der Waals surface area contributed by atoms with Gasteiger partial charge in [0.2, 0.25) is 0 Å². The summed E-state index contributed by atoms with van der Waals surface area (Å²) in [6, 6.07) is 6.12. The average molecular weight is 267 g/mol. The molecule has 0 saturated carbocycles. The number of rotatable bonds is 3. The van der Waals surface area contributed by atoms with Crippen LogP contribution in [0.2, 0.25) is 5.02 Å². The molecule has 0 bridgehead atoms. The van der Waals surface area contributed by atoms with Crippen LogP contribution in [0.15, 0.2) is 18.2 Å². The Bertz CT molecular complexity index is 426. The average Bonchev–Trinajstić information content (AvgIpc) is 2.38. The van der Waals surface area contributed by atoms with Crippen LogP contribution < -0.4 is 4.90 Å². The Labute approximate surface area is 113 Å². The van der Waals surface area contributed by atoms with E-state index in [2.05, 4.69) is 23.9 Å². The topological polar surface area (TPSA) is 23.6 Å². The van der Waals surface area contributed by atoms with E-state index in [9.17, 15) is 4.79 Å². The Morgan fingerprint density at radius 1 is 1.33 bits per heavy atom. The highest BCUT2D eigenvalue weighted by Gasteiger charge is 2.23. The molecule has 4 heteroatoms. The smallest absolute Gasteiger partial charge is 0.152 e. The van der Waals surface area contributed by atoms with Gasteiger partial charge < -0.3 is 9.80 Å². The second-order valence-corrected chi connectivity index (χ2v) is 5.38. The minimum Gasteiger partial charge on any atom is -0.370 e. The molecule has 18 heavy (non-hydrogen) atoms. The summed E-state index contributed by atoms with van der Waals surface area (Å²) in [5, 5.41) is 0.669. The third-order valence-electron chi connectivity index (χ3n) is 3.66. The van der Waals surface area contributed by atoms with Crippen molar-refractivity contribution in [2.75, 3.05) is 32.1 Å². The van der Waals surface area contributed by atoms with Crippen molar-refractivity contribution in [1.29, 1.82) is 0 Å². The van der Waals surface area contributed by atoms with Crippen LogP contribution in [0.4, 0.5) is 5.69 Å². The minimum absolute atomic E-state index is 0.628. The SMILES string of the molecule is CN(C)C1CCN(c2c(Cl)cccc2C=O)CC1. The number of aldehydes is 1. The summed E-state index contributed by atoms with van der Waals surface area (Å²) in [5.41, 5.74) is 1.58. The molecule has 1 saturated heterocycles. The highest BCUT2D eigenvalue weighted by atomic mass is 35.5. The van der Waals surface area contributed by atoms with Gasteiger partial charge in [-0.3, -0.25) is 4.79 Å². The van der Waals surface area contributed by atoms with Gasteiger partial charge >= 0.3 is 0 Å². The molecule has 0 spiro atoms. The van der Waals surface area contributed by atoms with Gasteiger partial charge in [-0.05, 0) is 39.1 Å². The van der Waals surface area contributed by atoms with E-state index in [0.29, 0.717) is 16.6 Å². The van der Waals surface area contributed by atoms with E-state index in [4.69, 9.17) is 11.6 Å². The largest absolute Gasteiger partial charge is 0.370 e. The molecule has 2 rings (SSSR count). The Morgan fingerprint density at radius 3 is 2.56 bits per heavy atom. The monoisotopic (exact) mass is 266 g/mol. The van der Waals surface area contributed by atoms with E-state index in [1.54, 1.807) is 0 Å². The molecule has 0 atom stereocenters. The molecule has 0 aromatic heterocycles. The summed E-state index contributed by atoms with van der Waals surface area (Å²) in [6.45, 7) is 1.90. The fourth-order valence-corrected chi connectivity index (χ4v) is 2.87. The Kier molecular flexibility index (Phi) is 4.25. The van der Waals surface area contributed by atoms with Crippen molar-refractivity contribution in [2.45, 2.75) is 18.9 Å². The molecular formula is C14H19ClN2O. The first-order valence-electron chi connectivity index (χ1n) is 6.28. The number of anilines is 1. The van der Waals surface area contributed by atoms with Gasteiger partial charge in [-0.2, -0.15) is 0 Å². The van der Waals surface area contributed by atoms with Crippen LogP contribution >= 0.6 is 11.6 Å². The van der Waals surface area contributed by atoms with Crippen LogP contribution in [0, 0.1) is 0 Å². The Hall–Kier alpha value is -1.06.